The van der Waals surface area contributed by atoms with Gasteiger partial charge in [-0.25, -0.2) is 9.78 Å². The van der Waals surface area contributed by atoms with Gasteiger partial charge in [-0.05, 0) is 51.7 Å². The number of amides is 2. The molecule has 158 valence electrons. The van der Waals surface area contributed by atoms with Gasteiger partial charge in [0.1, 0.15) is 11.6 Å². The fraction of sp³-hybridized carbons (Fsp3) is 0.174. The molecule has 2 aromatic carbocycles. The first kappa shape index (κ1) is 20.9. The van der Waals surface area contributed by atoms with Gasteiger partial charge in [-0.3, -0.25) is 4.79 Å². The third kappa shape index (κ3) is 5.03. The highest BCUT2D eigenvalue weighted by atomic mass is 79.9. The number of likely N-dealkylation sites (tertiary alicyclic amines) is 1. The fourth-order valence-electron chi connectivity index (χ4n) is 3.47. The molecule has 1 atom stereocenters. The van der Waals surface area contributed by atoms with E-state index in [0.29, 0.717) is 35.3 Å². The van der Waals surface area contributed by atoms with Crippen molar-refractivity contribution >= 4 is 33.7 Å². The molecule has 0 spiro atoms. The Morgan fingerprint density at radius 3 is 2.68 bits per heavy atom. The van der Waals surface area contributed by atoms with E-state index in [-0.39, 0.29) is 17.8 Å². The molecule has 0 bridgehead atoms. The zero-order valence-electron chi connectivity index (χ0n) is 16.6. The number of pyridine rings is 1. The second-order valence-electron chi connectivity index (χ2n) is 7.25. The Morgan fingerprint density at radius 1 is 1.10 bits per heavy atom. The van der Waals surface area contributed by atoms with Gasteiger partial charge in [0.25, 0.3) is 5.91 Å². The topological polar surface area (TPSA) is 97.5 Å². The molecule has 1 aliphatic rings. The quantitative estimate of drug-likeness (QED) is 0.585. The van der Waals surface area contributed by atoms with Crippen molar-refractivity contribution in [1.29, 1.82) is 0 Å². The fourth-order valence-corrected chi connectivity index (χ4v) is 3.81. The molecule has 7 nitrogen and oxygen atoms in total. The summed E-state index contributed by atoms with van der Waals surface area (Å²) in [5.41, 5.74) is 8.12. The lowest BCUT2D eigenvalue weighted by atomic mass is 10.1. The van der Waals surface area contributed by atoms with Crippen LogP contribution < -0.4 is 15.8 Å². The lowest BCUT2D eigenvalue weighted by Crippen LogP contribution is -2.39. The van der Waals surface area contributed by atoms with Crippen LogP contribution in [0.15, 0.2) is 71.3 Å². The van der Waals surface area contributed by atoms with Crippen LogP contribution in [0.1, 0.15) is 16.8 Å². The van der Waals surface area contributed by atoms with E-state index in [1.54, 1.807) is 17.0 Å². The Balaban J connectivity index is 1.36. The minimum absolute atomic E-state index is 0.160. The van der Waals surface area contributed by atoms with Crippen molar-refractivity contribution in [2.24, 2.45) is 0 Å². The molecule has 1 aliphatic heterocycles. The summed E-state index contributed by atoms with van der Waals surface area (Å²) in [5, 5.41) is 2.91. The molecule has 1 fully saturated rings. The van der Waals surface area contributed by atoms with E-state index in [0.717, 1.165) is 11.1 Å². The molecule has 4 rings (SSSR count). The third-order valence-corrected chi connectivity index (χ3v) is 5.49. The highest BCUT2D eigenvalue weighted by Gasteiger charge is 2.29. The summed E-state index contributed by atoms with van der Waals surface area (Å²) in [7, 11) is 0. The van der Waals surface area contributed by atoms with Crippen molar-refractivity contribution in [3.8, 4) is 16.9 Å². The van der Waals surface area contributed by atoms with Crippen molar-refractivity contribution in [1.82, 2.24) is 15.2 Å². The second kappa shape index (κ2) is 9.18. The van der Waals surface area contributed by atoms with Gasteiger partial charge in [0, 0.05) is 29.8 Å². The molecule has 3 aromatic rings. The maximum Gasteiger partial charge on any atom is 0.415 e. The van der Waals surface area contributed by atoms with Crippen LogP contribution in [0.4, 0.5) is 10.6 Å². The maximum atomic E-state index is 12.6. The van der Waals surface area contributed by atoms with E-state index >= 15 is 0 Å². The number of carbonyl (C=O) groups excluding carboxylic acids is 2. The predicted octanol–water partition coefficient (Wildman–Crippen LogP) is 4.10. The minimum Gasteiger partial charge on any atom is -0.410 e. The zero-order valence-corrected chi connectivity index (χ0v) is 18.2. The molecule has 3 N–H and O–H groups in total. The molecule has 2 amide bonds. The molecule has 2 heterocycles. The van der Waals surface area contributed by atoms with Crippen LogP contribution in [0.3, 0.4) is 0 Å². The number of nitrogens with one attached hydrogen (secondary N) is 1. The Kier molecular flexibility index (Phi) is 6.18. The standard InChI is InChI=1S/C23H21BrN4O3/c24-17-12-20(21(25)26-13-17)22(29)27-18-9-10-28(14-18)23(30)31-19-8-4-7-16(11-19)15-5-2-1-3-6-15/h1-8,11-13,18H,9-10,14H2,(H2,25,26)(H,27,29)/t18-/m1/s1. The van der Waals surface area contributed by atoms with Crippen molar-refractivity contribution in [2.45, 2.75) is 12.5 Å². The lowest BCUT2D eigenvalue weighted by Gasteiger charge is -2.17. The molecule has 0 unspecified atom stereocenters. The summed E-state index contributed by atoms with van der Waals surface area (Å²) in [5.74, 6) is 0.321. The number of benzene rings is 2. The van der Waals surface area contributed by atoms with E-state index in [9.17, 15) is 9.59 Å². The van der Waals surface area contributed by atoms with Crippen molar-refractivity contribution in [3.63, 3.8) is 0 Å². The van der Waals surface area contributed by atoms with Crippen LogP contribution >= 0.6 is 15.9 Å². The number of ether oxygens (including phenoxy) is 1. The Morgan fingerprint density at radius 2 is 1.87 bits per heavy atom. The monoisotopic (exact) mass is 480 g/mol. The molecule has 0 radical (unpaired) electrons. The van der Waals surface area contributed by atoms with Gasteiger partial charge in [-0.1, -0.05) is 42.5 Å². The molecular formula is C23H21BrN4O3. The molecule has 0 saturated carbocycles. The largest absolute Gasteiger partial charge is 0.415 e. The molecule has 1 saturated heterocycles. The number of anilines is 1. The van der Waals surface area contributed by atoms with E-state index < -0.39 is 6.09 Å². The molecule has 8 heteroatoms. The maximum absolute atomic E-state index is 12.6. The smallest absolute Gasteiger partial charge is 0.410 e. The number of nitrogen functional groups attached to an aromatic ring is 1. The number of hydrogen-bond acceptors (Lipinski definition) is 5. The van der Waals surface area contributed by atoms with E-state index in [2.05, 4.69) is 26.2 Å². The highest BCUT2D eigenvalue weighted by molar-refractivity contribution is 9.10. The molecule has 1 aromatic heterocycles. The number of nitrogens with two attached hydrogens (primary N) is 1. The first-order valence-electron chi connectivity index (χ1n) is 9.84. The summed E-state index contributed by atoms with van der Waals surface area (Å²) >= 11 is 3.29. The normalized spacial score (nSPS) is 15.5. The number of hydrogen-bond donors (Lipinski definition) is 2. The first-order valence-corrected chi connectivity index (χ1v) is 10.6. The Bertz CT molecular complexity index is 1110. The lowest BCUT2D eigenvalue weighted by molar-refractivity contribution is 0.0937. The average Bonchev–Trinajstić information content (AvgIpc) is 3.25. The van der Waals surface area contributed by atoms with E-state index in [4.69, 9.17) is 10.5 Å². The highest BCUT2D eigenvalue weighted by Crippen LogP contribution is 2.24. The van der Waals surface area contributed by atoms with Crippen molar-refractivity contribution in [2.75, 3.05) is 18.8 Å². The summed E-state index contributed by atoms with van der Waals surface area (Å²) in [6, 6.07) is 18.7. The van der Waals surface area contributed by atoms with E-state index in [1.165, 1.54) is 6.20 Å². The number of rotatable bonds is 4. The van der Waals surface area contributed by atoms with Crippen LogP contribution in [0.5, 0.6) is 5.75 Å². The van der Waals surface area contributed by atoms with Crippen LogP contribution in [0, 0.1) is 0 Å². The van der Waals surface area contributed by atoms with Gasteiger partial charge in [0.15, 0.2) is 0 Å². The predicted molar refractivity (Wildman–Crippen MR) is 122 cm³/mol. The Hall–Kier alpha value is -3.39. The number of halogens is 1. The van der Waals surface area contributed by atoms with Crippen LogP contribution in [-0.2, 0) is 0 Å². The molecular weight excluding hydrogens is 460 g/mol. The summed E-state index contributed by atoms with van der Waals surface area (Å²) < 4.78 is 6.24. The van der Waals surface area contributed by atoms with Crippen LogP contribution in [0.2, 0.25) is 0 Å². The van der Waals surface area contributed by atoms with Gasteiger partial charge in [-0.2, -0.15) is 0 Å². The SMILES string of the molecule is Nc1ncc(Br)cc1C(=O)N[C@@H]1CCN(C(=O)Oc2cccc(-c3ccccc3)c2)C1. The number of carbonyl (C=O) groups is 2. The summed E-state index contributed by atoms with van der Waals surface area (Å²) in [6.45, 7) is 0.860. The second-order valence-corrected chi connectivity index (χ2v) is 8.17. The number of aromatic nitrogens is 1. The van der Waals surface area contributed by atoms with Gasteiger partial charge in [0.05, 0.1) is 5.56 Å². The van der Waals surface area contributed by atoms with Crippen molar-refractivity contribution in [3.05, 3.63) is 76.9 Å². The first-order chi connectivity index (χ1) is 15.0. The van der Waals surface area contributed by atoms with Gasteiger partial charge < -0.3 is 20.7 Å². The summed E-state index contributed by atoms with van der Waals surface area (Å²) in [6.07, 6.45) is 1.73. The summed E-state index contributed by atoms with van der Waals surface area (Å²) in [4.78, 5) is 30.7. The minimum atomic E-state index is -0.439. The van der Waals surface area contributed by atoms with E-state index in [1.807, 2.05) is 48.5 Å². The van der Waals surface area contributed by atoms with Crippen LogP contribution in [0.25, 0.3) is 11.1 Å². The van der Waals surface area contributed by atoms with Crippen LogP contribution in [-0.4, -0.2) is 41.0 Å². The van der Waals surface area contributed by atoms with Gasteiger partial charge >= 0.3 is 6.09 Å². The Labute approximate surface area is 188 Å². The number of nitrogens with zero attached hydrogens (tertiary/aromatic N) is 2. The van der Waals surface area contributed by atoms with Crippen molar-refractivity contribution < 1.29 is 14.3 Å². The zero-order chi connectivity index (χ0) is 21.8. The van der Waals surface area contributed by atoms with Gasteiger partial charge in [-0.15, -0.1) is 0 Å². The third-order valence-electron chi connectivity index (χ3n) is 5.06. The molecule has 31 heavy (non-hydrogen) atoms. The average molecular weight is 481 g/mol. The van der Waals surface area contributed by atoms with Gasteiger partial charge in [0.2, 0.25) is 0 Å². The molecule has 0 aliphatic carbocycles.